The molecule has 0 radical (unpaired) electrons. The molecule has 1 aliphatic rings. The molecular weight excluding hydrogens is 340 g/mol. The van der Waals surface area contributed by atoms with E-state index in [1.807, 2.05) is 0 Å². The lowest BCUT2D eigenvalue weighted by Gasteiger charge is -2.10. The van der Waals surface area contributed by atoms with Crippen LogP contribution in [0.4, 0.5) is 10.5 Å². The lowest BCUT2D eigenvalue weighted by atomic mass is 10.1. The van der Waals surface area contributed by atoms with Gasteiger partial charge < -0.3 is 9.84 Å². The molecule has 0 aromatic heterocycles. The number of carbonyl (C=O) groups excluding carboxylic acids is 3. The first-order chi connectivity index (χ1) is 11.3. The summed E-state index contributed by atoms with van der Waals surface area (Å²) in [4.78, 5) is 46.2. The first-order valence-corrected chi connectivity index (χ1v) is 7.53. The fourth-order valence-corrected chi connectivity index (χ4v) is 2.74. The Labute approximate surface area is 140 Å². The van der Waals surface area contributed by atoms with E-state index in [0.717, 1.165) is 17.0 Å². The van der Waals surface area contributed by atoms with Gasteiger partial charge in [-0.05, 0) is 36.4 Å². The minimum atomic E-state index is -0.765. The summed E-state index contributed by atoms with van der Waals surface area (Å²) in [5.41, 5.74) is -0.254. The third-order valence-corrected chi connectivity index (χ3v) is 3.87. The molecule has 2 amide bonds. The second-order valence-electron chi connectivity index (χ2n) is 4.58. The van der Waals surface area contributed by atoms with Crippen molar-refractivity contribution >= 4 is 40.6 Å². The molecule has 0 spiro atoms. The van der Waals surface area contributed by atoms with Crippen LogP contribution in [-0.4, -0.2) is 45.2 Å². The van der Waals surface area contributed by atoms with Gasteiger partial charge in [0.15, 0.2) is 5.75 Å². The van der Waals surface area contributed by atoms with E-state index in [1.165, 1.54) is 12.1 Å². The topological polar surface area (TPSA) is 127 Å². The van der Waals surface area contributed by atoms with Gasteiger partial charge in [0, 0.05) is 6.07 Å². The van der Waals surface area contributed by atoms with Crippen molar-refractivity contribution in [1.82, 2.24) is 4.90 Å². The predicted octanol–water partition coefficient (Wildman–Crippen LogP) is 1.90. The molecule has 0 bridgehead atoms. The molecule has 10 heteroatoms. The Bertz CT molecular complexity index is 759. The number of amides is 2. The number of nitro benzene ring substituents is 1. The van der Waals surface area contributed by atoms with Gasteiger partial charge in [0.05, 0.1) is 16.4 Å². The van der Waals surface area contributed by atoms with E-state index in [9.17, 15) is 29.6 Å². The van der Waals surface area contributed by atoms with E-state index in [4.69, 9.17) is 4.74 Å². The second-order valence-corrected chi connectivity index (χ2v) is 5.57. The molecule has 0 atom stereocenters. The number of phenols is 1. The molecule has 9 nitrogen and oxygen atoms in total. The first-order valence-electron chi connectivity index (χ1n) is 6.72. The Balaban J connectivity index is 2.24. The minimum absolute atomic E-state index is 0.0179. The normalized spacial score (nSPS) is 15.9. The van der Waals surface area contributed by atoms with Crippen molar-refractivity contribution in [2.45, 2.75) is 6.92 Å². The van der Waals surface area contributed by atoms with Crippen molar-refractivity contribution in [3.8, 4) is 5.75 Å². The van der Waals surface area contributed by atoms with Crippen LogP contribution in [0.25, 0.3) is 6.08 Å². The first kappa shape index (κ1) is 17.5. The molecule has 1 aromatic rings. The monoisotopic (exact) mass is 352 g/mol. The molecule has 2 rings (SSSR count). The van der Waals surface area contributed by atoms with Crippen LogP contribution in [0.15, 0.2) is 23.1 Å². The van der Waals surface area contributed by atoms with Crippen molar-refractivity contribution in [2.75, 3.05) is 13.2 Å². The molecular formula is C14H12N2O7S. The smallest absolute Gasteiger partial charge is 0.326 e. The van der Waals surface area contributed by atoms with Gasteiger partial charge in [-0.25, -0.2) is 0 Å². The highest BCUT2D eigenvalue weighted by Crippen LogP contribution is 2.34. The third-order valence-electron chi connectivity index (χ3n) is 2.96. The summed E-state index contributed by atoms with van der Waals surface area (Å²) < 4.78 is 4.69. The van der Waals surface area contributed by atoms with Gasteiger partial charge in [-0.1, -0.05) is 6.07 Å². The molecule has 126 valence electrons. The maximum absolute atomic E-state index is 12.2. The van der Waals surface area contributed by atoms with E-state index in [-0.39, 0.29) is 17.1 Å². The number of thioether (sulfide) groups is 1. The summed E-state index contributed by atoms with van der Waals surface area (Å²) in [6.45, 7) is 1.23. The molecule has 1 saturated heterocycles. The van der Waals surface area contributed by atoms with Crippen LogP contribution < -0.4 is 0 Å². The minimum Gasteiger partial charge on any atom is -0.502 e. The summed E-state index contributed by atoms with van der Waals surface area (Å²) in [5, 5.41) is 19.6. The van der Waals surface area contributed by atoms with E-state index >= 15 is 0 Å². The summed E-state index contributed by atoms with van der Waals surface area (Å²) in [7, 11) is 0. The van der Waals surface area contributed by atoms with Crippen LogP contribution in [0.3, 0.4) is 0 Å². The van der Waals surface area contributed by atoms with Crippen LogP contribution in [0, 0.1) is 10.1 Å². The molecule has 1 N–H and O–H groups in total. The summed E-state index contributed by atoms with van der Waals surface area (Å²) >= 11 is 0.614. The fraction of sp³-hybridized carbons (Fsp3) is 0.214. The number of esters is 1. The maximum Gasteiger partial charge on any atom is 0.326 e. The van der Waals surface area contributed by atoms with Gasteiger partial charge in [0.25, 0.3) is 11.1 Å². The SMILES string of the molecule is CCOC(=O)CN1C(=O)S/C(=C\c2ccc(O)c([N+](=O)[O-])c2)C1=O. The molecule has 1 aromatic carbocycles. The lowest BCUT2D eigenvalue weighted by molar-refractivity contribution is -0.385. The quantitative estimate of drug-likeness (QED) is 0.368. The van der Waals surface area contributed by atoms with Crippen LogP contribution in [0.5, 0.6) is 5.75 Å². The average molecular weight is 352 g/mol. The molecule has 24 heavy (non-hydrogen) atoms. The number of rotatable bonds is 5. The Morgan fingerprint density at radius 3 is 2.79 bits per heavy atom. The van der Waals surface area contributed by atoms with Crippen LogP contribution >= 0.6 is 11.8 Å². The number of imide groups is 1. The molecule has 1 heterocycles. The zero-order chi connectivity index (χ0) is 17.9. The molecule has 1 fully saturated rings. The average Bonchev–Trinajstić information content (AvgIpc) is 2.77. The largest absolute Gasteiger partial charge is 0.502 e. The fourth-order valence-electron chi connectivity index (χ4n) is 1.90. The predicted molar refractivity (Wildman–Crippen MR) is 84.1 cm³/mol. The molecule has 1 aliphatic heterocycles. The van der Waals surface area contributed by atoms with Crippen LogP contribution in [0.1, 0.15) is 12.5 Å². The number of hydrogen-bond donors (Lipinski definition) is 1. The van der Waals surface area contributed by atoms with Crippen molar-refractivity contribution in [2.24, 2.45) is 0 Å². The van der Waals surface area contributed by atoms with Crippen molar-refractivity contribution in [1.29, 1.82) is 0 Å². The highest BCUT2D eigenvalue weighted by molar-refractivity contribution is 8.18. The van der Waals surface area contributed by atoms with Crippen molar-refractivity contribution in [3.63, 3.8) is 0 Å². The number of nitro groups is 1. The Hall–Kier alpha value is -2.88. The van der Waals surface area contributed by atoms with Gasteiger partial charge in [-0.2, -0.15) is 0 Å². The molecule has 0 saturated carbocycles. The highest BCUT2D eigenvalue weighted by Gasteiger charge is 2.36. The van der Waals surface area contributed by atoms with Crippen LogP contribution in [0.2, 0.25) is 0 Å². The van der Waals surface area contributed by atoms with Gasteiger partial charge in [-0.3, -0.25) is 29.4 Å². The van der Waals surface area contributed by atoms with E-state index in [0.29, 0.717) is 11.8 Å². The van der Waals surface area contributed by atoms with Crippen LogP contribution in [-0.2, 0) is 14.3 Å². The van der Waals surface area contributed by atoms with Gasteiger partial charge >= 0.3 is 11.7 Å². The van der Waals surface area contributed by atoms with E-state index in [2.05, 4.69) is 0 Å². The Kier molecular flexibility index (Phi) is 5.19. The Morgan fingerprint density at radius 2 is 2.17 bits per heavy atom. The number of hydrogen-bond acceptors (Lipinski definition) is 8. The number of nitrogens with zero attached hydrogens (tertiary/aromatic N) is 2. The van der Waals surface area contributed by atoms with Gasteiger partial charge in [0.1, 0.15) is 6.54 Å². The second kappa shape index (κ2) is 7.13. The van der Waals surface area contributed by atoms with E-state index < -0.39 is 40.0 Å². The highest BCUT2D eigenvalue weighted by atomic mass is 32.2. The van der Waals surface area contributed by atoms with Gasteiger partial charge in [0.2, 0.25) is 0 Å². The van der Waals surface area contributed by atoms with Crippen molar-refractivity contribution < 1.29 is 29.2 Å². The zero-order valence-corrected chi connectivity index (χ0v) is 13.2. The number of aromatic hydroxyl groups is 1. The lowest BCUT2D eigenvalue weighted by Crippen LogP contribution is -2.34. The number of ether oxygens (including phenoxy) is 1. The molecule has 0 aliphatic carbocycles. The zero-order valence-electron chi connectivity index (χ0n) is 12.4. The number of phenolic OH excluding ortho intramolecular Hbond substituents is 1. The molecule has 0 unspecified atom stereocenters. The van der Waals surface area contributed by atoms with E-state index in [1.54, 1.807) is 6.92 Å². The Morgan fingerprint density at radius 1 is 1.46 bits per heavy atom. The number of benzene rings is 1. The third kappa shape index (κ3) is 3.71. The summed E-state index contributed by atoms with van der Waals surface area (Å²) in [5.74, 6) is -1.90. The van der Waals surface area contributed by atoms with Gasteiger partial charge in [-0.15, -0.1) is 0 Å². The summed E-state index contributed by atoms with van der Waals surface area (Å²) in [6, 6.07) is 3.56. The number of carbonyl (C=O) groups is 3. The van der Waals surface area contributed by atoms with Crippen molar-refractivity contribution in [3.05, 3.63) is 38.8 Å². The summed E-state index contributed by atoms with van der Waals surface area (Å²) in [6.07, 6.45) is 1.28. The standard InChI is InChI=1S/C14H12N2O7S/c1-2-23-12(18)7-15-13(19)11(24-14(15)20)6-8-3-4-10(17)9(5-8)16(21)22/h3-6,17H,2,7H2,1H3/b11-6-. The maximum atomic E-state index is 12.2.